The second kappa shape index (κ2) is 5.64. The van der Waals surface area contributed by atoms with Crippen molar-refractivity contribution in [2.24, 2.45) is 12.5 Å². The van der Waals surface area contributed by atoms with Gasteiger partial charge in [0.15, 0.2) is 0 Å². The van der Waals surface area contributed by atoms with Crippen LogP contribution in [0, 0.1) is 16.7 Å². The summed E-state index contributed by atoms with van der Waals surface area (Å²) in [6.07, 6.45) is 1.65. The number of hydrogen-bond donors (Lipinski definition) is 1. The topological polar surface area (TPSA) is 78.5 Å². The maximum absolute atomic E-state index is 13.0. The van der Waals surface area contributed by atoms with Gasteiger partial charge in [0.05, 0.1) is 24.2 Å². The van der Waals surface area contributed by atoms with Crippen LogP contribution >= 0.6 is 0 Å². The predicted molar refractivity (Wildman–Crippen MR) is 90.2 cm³/mol. The van der Waals surface area contributed by atoms with E-state index in [1.54, 1.807) is 28.8 Å². The zero-order valence-electron chi connectivity index (χ0n) is 14.0. The summed E-state index contributed by atoms with van der Waals surface area (Å²) in [5, 5.41) is 19.1. The average molecular weight is 337 g/mol. The third kappa shape index (κ3) is 2.31. The van der Waals surface area contributed by atoms with Crippen molar-refractivity contribution in [3.63, 3.8) is 0 Å². The standard InChI is InChI=1S/C19H19N3O3/c1-21-8-13(7-20)6-16(21)18(24)22-9-15-14-4-2-3-5-17(14)25-12-19(15,10-22)11-23/h2-6,8,15,23H,9-12H2,1H3/t15-,19-/m1/s1. The Morgan fingerprint density at radius 2 is 2.28 bits per heavy atom. The number of nitriles is 1. The molecule has 4 rings (SSSR count). The molecule has 1 N–H and O–H groups in total. The van der Waals surface area contributed by atoms with Gasteiger partial charge in [0.1, 0.15) is 17.5 Å². The number of aryl methyl sites for hydroxylation is 1. The van der Waals surface area contributed by atoms with Crippen molar-refractivity contribution < 1.29 is 14.6 Å². The van der Waals surface area contributed by atoms with E-state index < -0.39 is 5.41 Å². The second-order valence-corrected chi connectivity index (χ2v) is 6.92. The number of hydrogen-bond acceptors (Lipinski definition) is 4. The van der Waals surface area contributed by atoms with Crippen molar-refractivity contribution in [2.75, 3.05) is 26.3 Å². The maximum Gasteiger partial charge on any atom is 0.270 e. The normalized spacial score (nSPS) is 24.2. The van der Waals surface area contributed by atoms with Crippen LogP contribution in [0.3, 0.4) is 0 Å². The summed E-state index contributed by atoms with van der Waals surface area (Å²) in [5.41, 5.74) is 1.51. The Balaban J connectivity index is 1.68. The first-order valence-electron chi connectivity index (χ1n) is 8.26. The summed E-state index contributed by atoms with van der Waals surface area (Å²) < 4.78 is 7.54. The van der Waals surface area contributed by atoms with Crippen LogP contribution in [0.4, 0.5) is 0 Å². The lowest BCUT2D eigenvalue weighted by Crippen LogP contribution is -2.42. The van der Waals surface area contributed by atoms with E-state index in [1.165, 1.54) is 0 Å². The fourth-order valence-corrected chi connectivity index (χ4v) is 4.03. The van der Waals surface area contributed by atoms with E-state index in [0.29, 0.717) is 31.0 Å². The molecule has 1 saturated heterocycles. The monoisotopic (exact) mass is 337 g/mol. The fraction of sp³-hybridized carbons (Fsp3) is 0.368. The number of rotatable bonds is 2. The first-order chi connectivity index (χ1) is 12.1. The zero-order valence-corrected chi connectivity index (χ0v) is 14.0. The highest BCUT2D eigenvalue weighted by Gasteiger charge is 2.52. The van der Waals surface area contributed by atoms with E-state index in [9.17, 15) is 9.90 Å². The Labute approximate surface area is 145 Å². The lowest BCUT2D eigenvalue weighted by Gasteiger charge is -2.37. The molecule has 0 bridgehead atoms. The number of carbonyl (C=O) groups is 1. The highest BCUT2D eigenvalue weighted by Crippen LogP contribution is 2.49. The third-order valence-electron chi connectivity index (χ3n) is 5.41. The number of aliphatic hydroxyl groups is 1. The summed E-state index contributed by atoms with van der Waals surface area (Å²) in [7, 11) is 1.76. The van der Waals surface area contributed by atoms with Crippen molar-refractivity contribution in [1.82, 2.24) is 9.47 Å². The van der Waals surface area contributed by atoms with Crippen molar-refractivity contribution in [3.05, 3.63) is 53.3 Å². The second-order valence-electron chi connectivity index (χ2n) is 6.92. The molecule has 0 radical (unpaired) electrons. The summed E-state index contributed by atoms with van der Waals surface area (Å²) in [5.74, 6) is 0.752. The lowest BCUT2D eigenvalue weighted by atomic mass is 9.74. The van der Waals surface area contributed by atoms with E-state index in [0.717, 1.165) is 11.3 Å². The van der Waals surface area contributed by atoms with Gasteiger partial charge in [-0.25, -0.2) is 0 Å². The number of aromatic nitrogens is 1. The van der Waals surface area contributed by atoms with Crippen LogP contribution in [0.2, 0.25) is 0 Å². The van der Waals surface area contributed by atoms with Crippen LogP contribution in [0.25, 0.3) is 0 Å². The maximum atomic E-state index is 13.0. The van der Waals surface area contributed by atoms with Gasteiger partial charge in [-0.15, -0.1) is 0 Å². The fourth-order valence-electron chi connectivity index (χ4n) is 4.03. The molecule has 1 fully saturated rings. The molecule has 3 heterocycles. The molecule has 0 spiro atoms. The molecule has 6 heteroatoms. The third-order valence-corrected chi connectivity index (χ3v) is 5.41. The molecule has 0 aliphatic carbocycles. The van der Waals surface area contributed by atoms with Crippen LogP contribution in [0.1, 0.15) is 27.5 Å². The van der Waals surface area contributed by atoms with Gasteiger partial charge in [0.2, 0.25) is 0 Å². The number of benzene rings is 1. The molecule has 128 valence electrons. The van der Waals surface area contributed by atoms with Gasteiger partial charge >= 0.3 is 0 Å². The Morgan fingerprint density at radius 3 is 3.00 bits per heavy atom. The lowest BCUT2D eigenvalue weighted by molar-refractivity contribution is 0.0438. The van der Waals surface area contributed by atoms with E-state index in [4.69, 9.17) is 10.00 Å². The zero-order chi connectivity index (χ0) is 17.6. The van der Waals surface area contributed by atoms with Crippen molar-refractivity contribution in [2.45, 2.75) is 5.92 Å². The minimum atomic E-state index is -0.479. The van der Waals surface area contributed by atoms with Crippen LogP contribution in [-0.2, 0) is 7.05 Å². The number of para-hydroxylation sites is 1. The average Bonchev–Trinajstić information content (AvgIpc) is 3.22. The Bertz CT molecular complexity index is 882. The Hall–Kier alpha value is -2.78. The molecule has 2 aromatic rings. The van der Waals surface area contributed by atoms with E-state index in [2.05, 4.69) is 6.07 Å². The molecule has 0 unspecified atom stereocenters. The molecule has 1 aromatic heterocycles. The molecule has 2 atom stereocenters. The van der Waals surface area contributed by atoms with E-state index in [1.807, 2.05) is 24.3 Å². The van der Waals surface area contributed by atoms with Gasteiger partial charge in [-0.3, -0.25) is 4.79 Å². The number of amides is 1. The van der Waals surface area contributed by atoms with E-state index >= 15 is 0 Å². The molecule has 2 aliphatic rings. The summed E-state index contributed by atoms with van der Waals surface area (Å²) in [6, 6.07) is 11.5. The SMILES string of the molecule is Cn1cc(C#N)cc1C(=O)N1C[C@@H]2c3ccccc3OC[C@]2(CO)C1. The molecule has 25 heavy (non-hydrogen) atoms. The predicted octanol–water partition coefficient (Wildman–Crippen LogP) is 1.51. The van der Waals surface area contributed by atoms with Crippen molar-refractivity contribution in [3.8, 4) is 11.8 Å². The number of aliphatic hydroxyl groups excluding tert-OH is 1. The first-order valence-corrected chi connectivity index (χ1v) is 8.26. The highest BCUT2D eigenvalue weighted by atomic mass is 16.5. The van der Waals surface area contributed by atoms with Gasteiger partial charge in [-0.05, 0) is 17.7 Å². The number of fused-ring (bicyclic) bond motifs is 3. The molecular weight excluding hydrogens is 318 g/mol. The van der Waals surface area contributed by atoms with Crippen LogP contribution in [0.15, 0.2) is 36.5 Å². The highest BCUT2D eigenvalue weighted by molar-refractivity contribution is 5.93. The number of ether oxygens (including phenoxy) is 1. The number of likely N-dealkylation sites (tertiary alicyclic amines) is 1. The van der Waals surface area contributed by atoms with Crippen molar-refractivity contribution in [1.29, 1.82) is 5.26 Å². The Kier molecular flexibility index (Phi) is 3.55. The van der Waals surface area contributed by atoms with Crippen LogP contribution in [-0.4, -0.2) is 46.8 Å². The molecule has 2 aliphatic heterocycles. The molecule has 1 amide bonds. The minimum absolute atomic E-state index is 0.0354. The van der Waals surface area contributed by atoms with Crippen LogP contribution in [0.5, 0.6) is 5.75 Å². The molecular formula is C19H19N3O3. The summed E-state index contributed by atoms with van der Waals surface area (Å²) >= 11 is 0. The van der Waals surface area contributed by atoms with Crippen molar-refractivity contribution >= 4 is 5.91 Å². The molecule has 1 aromatic carbocycles. The Morgan fingerprint density at radius 1 is 1.48 bits per heavy atom. The van der Waals surface area contributed by atoms with Crippen LogP contribution < -0.4 is 4.74 Å². The van der Waals surface area contributed by atoms with Gasteiger partial charge in [-0.2, -0.15) is 5.26 Å². The largest absolute Gasteiger partial charge is 0.493 e. The summed E-state index contributed by atoms with van der Waals surface area (Å²) in [6.45, 7) is 1.33. The number of nitrogens with zero attached hydrogens (tertiary/aromatic N) is 3. The molecule has 0 saturated carbocycles. The minimum Gasteiger partial charge on any atom is -0.493 e. The smallest absolute Gasteiger partial charge is 0.270 e. The quantitative estimate of drug-likeness (QED) is 0.901. The van der Waals surface area contributed by atoms with Gasteiger partial charge in [0, 0.05) is 32.3 Å². The van der Waals surface area contributed by atoms with E-state index in [-0.39, 0.29) is 18.4 Å². The van der Waals surface area contributed by atoms with Gasteiger partial charge in [0.25, 0.3) is 5.91 Å². The van der Waals surface area contributed by atoms with Gasteiger partial charge < -0.3 is 19.3 Å². The summed E-state index contributed by atoms with van der Waals surface area (Å²) in [4.78, 5) is 14.8. The molecule has 6 nitrogen and oxygen atoms in total. The van der Waals surface area contributed by atoms with Gasteiger partial charge in [-0.1, -0.05) is 18.2 Å². The number of carbonyl (C=O) groups excluding carboxylic acids is 1. The first kappa shape index (κ1) is 15.7.